The number of rotatable bonds is 4. The first kappa shape index (κ1) is 15.0. The molecule has 1 aliphatic carbocycles. The molecule has 3 nitrogen and oxygen atoms in total. The number of ether oxygens (including phenoxy) is 1. The first-order chi connectivity index (χ1) is 9.70. The van der Waals surface area contributed by atoms with E-state index in [1.54, 1.807) is 13.3 Å². The summed E-state index contributed by atoms with van der Waals surface area (Å²) >= 11 is 0. The van der Waals surface area contributed by atoms with Gasteiger partial charge >= 0.3 is 0 Å². The minimum Gasteiger partial charge on any atom is -0.495 e. The predicted molar refractivity (Wildman–Crippen MR) is 83.9 cm³/mol. The summed E-state index contributed by atoms with van der Waals surface area (Å²) < 4.78 is 5.32. The number of hydrogen-bond acceptors (Lipinski definition) is 3. The van der Waals surface area contributed by atoms with Crippen LogP contribution in [-0.2, 0) is 0 Å². The van der Waals surface area contributed by atoms with Gasteiger partial charge in [0.2, 0.25) is 0 Å². The second kappa shape index (κ2) is 7.44. The van der Waals surface area contributed by atoms with Crippen molar-refractivity contribution < 1.29 is 4.74 Å². The fourth-order valence-corrected chi connectivity index (χ4v) is 2.96. The van der Waals surface area contributed by atoms with Gasteiger partial charge in [-0.05, 0) is 56.5 Å². The second-order valence-electron chi connectivity index (χ2n) is 5.87. The average Bonchev–Trinajstić information content (AvgIpc) is 2.42. The van der Waals surface area contributed by atoms with E-state index >= 15 is 0 Å². The van der Waals surface area contributed by atoms with Gasteiger partial charge < -0.3 is 9.64 Å². The number of pyridine rings is 1. The van der Waals surface area contributed by atoms with E-state index < -0.39 is 0 Å². The van der Waals surface area contributed by atoms with Crippen LogP contribution in [0.1, 0.15) is 37.7 Å². The Hall–Kier alpha value is -1.35. The van der Waals surface area contributed by atoms with Crippen molar-refractivity contribution in [2.24, 2.45) is 5.92 Å². The van der Waals surface area contributed by atoms with Gasteiger partial charge in [-0.2, -0.15) is 0 Å². The molecule has 1 atom stereocenters. The van der Waals surface area contributed by atoms with Crippen molar-refractivity contribution in [3.63, 3.8) is 0 Å². The summed E-state index contributed by atoms with van der Waals surface area (Å²) in [5.74, 6) is 1.44. The molecule has 0 fully saturated rings. The number of aromatic nitrogens is 1. The van der Waals surface area contributed by atoms with Crippen LogP contribution in [0.2, 0.25) is 0 Å². The molecule has 0 aliphatic heterocycles. The number of methoxy groups -OCH3 is 1. The van der Waals surface area contributed by atoms with Gasteiger partial charge in [-0.25, -0.2) is 0 Å². The third-order valence-corrected chi connectivity index (χ3v) is 3.93. The standard InChI is InChI=1S/C17H26N2O/c1-19(2)13-14-8-6-4-5-7-9-17(14)15-10-16(20-3)12-18-11-15/h9-12,14H,4-8,13H2,1-3H3. The zero-order valence-corrected chi connectivity index (χ0v) is 12.9. The van der Waals surface area contributed by atoms with Gasteiger partial charge in [0.25, 0.3) is 0 Å². The van der Waals surface area contributed by atoms with Crippen LogP contribution in [0.3, 0.4) is 0 Å². The first-order valence-corrected chi connectivity index (χ1v) is 7.55. The molecular formula is C17H26N2O. The summed E-state index contributed by atoms with van der Waals surface area (Å²) in [6.45, 7) is 1.10. The van der Waals surface area contributed by atoms with Crippen LogP contribution in [0.15, 0.2) is 24.5 Å². The van der Waals surface area contributed by atoms with Crippen molar-refractivity contribution in [1.29, 1.82) is 0 Å². The topological polar surface area (TPSA) is 25.4 Å². The Balaban J connectivity index is 2.29. The molecule has 1 aromatic rings. The van der Waals surface area contributed by atoms with Crippen molar-refractivity contribution in [2.75, 3.05) is 27.7 Å². The summed E-state index contributed by atoms with van der Waals surface area (Å²) in [6.07, 6.45) is 12.6. The predicted octanol–water partition coefficient (Wildman–Crippen LogP) is 3.62. The zero-order valence-electron chi connectivity index (χ0n) is 12.9. The van der Waals surface area contributed by atoms with E-state index in [1.165, 1.54) is 43.2 Å². The molecule has 110 valence electrons. The molecule has 0 aromatic carbocycles. The maximum absolute atomic E-state index is 5.32. The van der Waals surface area contributed by atoms with Crippen molar-refractivity contribution in [1.82, 2.24) is 9.88 Å². The lowest BCUT2D eigenvalue weighted by atomic mass is 9.85. The highest BCUT2D eigenvalue weighted by Gasteiger charge is 2.19. The van der Waals surface area contributed by atoms with Crippen LogP contribution >= 0.6 is 0 Å². The Morgan fingerprint density at radius 1 is 1.25 bits per heavy atom. The van der Waals surface area contributed by atoms with Crippen LogP contribution in [-0.4, -0.2) is 37.6 Å². The minimum atomic E-state index is 0.596. The smallest absolute Gasteiger partial charge is 0.137 e. The highest BCUT2D eigenvalue weighted by Crippen LogP contribution is 2.32. The van der Waals surface area contributed by atoms with Crippen LogP contribution < -0.4 is 4.74 Å². The quantitative estimate of drug-likeness (QED) is 0.838. The maximum atomic E-state index is 5.32. The molecule has 1 heterocycles. The maximum Gasteiger partial charge on any atom is 0.137 e. The molecule has 2 rings (SSSR count). The summed E-state index contributed by atoms with van der Waals surface area (Å²) in [5.41, 5.74) is 2.67. The van der Waals surface area contributed by atoms with Gasteiger partial charge in [-0.15, -0.1) is 0 Å². The number of nitrogens with zero attached hydrogens (tertiary/aromatic N) is 2. The Kier molecular flexibility index (Phi) is 5.60. The molecule has 20 heavy (non-hydrogen) atoms. The highest BCUT2D eigenvalue weighted by atomic mass is 16.5. The molecule has 1 aromatic heterocycles. The van der Waals surface area contributed by atoms with E-state index in [9.17, 15) is 0 Å². The number of allylic oxidation sites excluding steroid dienone is 1. The van der Waals surface area contributed by atoms with E-state index in [2.05, 4.69) is 36.1 Å². The van der Waals surface area contributed by atoms with Gasteiger partial charge in [0.1, 0.15) is 5.75 Å². The SMILES string of the molecule is COc1cncc(C2=CCCCCCC2CN(C)C)c1. The van der Waals surface area contributed by atoms with Crippen molar-refractivity contribution >= 4 is 5.57 Å². The normalized spacial score (nSPS) is 20.2. The minimum absolute atomic E-state index is 0.596. The van der Waals surface area contributed by atoms with Gasteiger partial charge in [0.15, 0.2) is 0 Å². The highest BCUT2D eigenvalue weighted by molar-refractivity contribution is 5.68. The van der Waals surface area contributed by atoms with E-state index in [-0.39, 0.29) is 0 Å². The lowest BCUT2D eigenvalue weighted by Gasteiger charge is -2.26. The Morgan fingerprint density at radius 2 is 2.10 bits per heavy atom. The van der Waals surface area contributed by atoms with Gasteiger partial charge in [0.05, 0.1) is 13.3 Å². The Morgan fingerprint density at radius 3 is 2.85 bits per heavy atom. The monoisotopic (exact) mass is 274 g/mol. The van der Waals surface area contributed by atoms with Gasteiger partial charge in [-0.1, -0.05) is 18.9 Å². The van der Waals surface area contributed by atoms with Crippen LogP contribution in [0.25, 0.3) is 5.57 Å². The second-order valence-corrected chi connectivity index (χ2v) is 5.87. The molecule has 0 spiro atoms. The van der Waals surface area contributed by atoms with Crippen molar-refractivity contribution in [2.45, 2.75) is 32.1 Å². The van der Waals surface area contributed by atoms with Crippen LogP contribution in [0.5, 0.6) is 5.75 Å². The van der Waals surface area contributed by atoms with Gasteiger partial charge in [-0.3, -0.25) is 4.98 Å². The molecule has 1 unspecified atom stereocenters. The van der Waals surface area contributed by atoms with E-state index in [0.717, 1.165) is 12.3 Å². The van der Waals surface area contributed by atoms with E-state index in [4.69, 9.17) is 4.74 Å². The third kappa shape index (κ3) is 4.07. The Labute approximate surface area is 122 Å². The summed E-state index contributed by atoms with van der Waals surface area (Å²) in [7, 11) is 6.00. The summed E-state index contributed by atoms with van der Waals surface area (Å²) in [6, 6.07) is 2.11. The van der Waals surface area contributed by atoms with Crippen LogP contribution in [0, 0.1) is 5.92 Å². The average molecular weight is 274 g/mol. The van der Waals surface area contributed by atoms with Crippen molar-refractivity contribution in [3.05, 3.63) is 30.1 Å². The molecule has 0 radical (unpaired) electrons. The molecule has 0 N–H and O–H groups in total. The fourth-order valence-electron chi connectivity index (χ4n) is 2.96. The molecular weight excluding hydrogens is 248 g/mol. The molecule has 0 saturated heterocycles. The van der Waals surface area contributed by atoms with E-state index in [1.807, 2.05) is 6.20 Å². The molecule has 0 saturated carbocycles. The molecule has 3 heteroatoms. The van der Waals surface area contributed by atoms with Crippen LogP contribution in [0.4, 0.5) is 0 Å². The third-order valence-electron chi connectivity index (χ3n) is 3.93. The molecule has 1 aliphatic rings. The van der Waals surface area contributed by atoms with E-state index in [0.29, 0.717) is 5.92 Å². The Bertz CT molecular complexity index is 454. The zero-order chi connectivity index (χ0) is 14.4. The molecule has 0 amide bonds. The van der Waals surface area contributed by atoms with Crippen molar-refractivity contribution in [3.8, 4) is 5.75 Å². The fraction of sp³-hybridized carbons (Fsp3) is 0.588. The summed E-state index contributed by atoms with van der Waals surface area (Å²) in [5, 5.41) is 0. The first-order valence-electron chi connectivity index (χ1n) is 7.55. The lowest BCUT2D eigenvalue weighted by Crippen LogP contribution is -2.23. The molecule has 0 bridgehead atoms. The lowest BCUT2D eigenvalue weighted by molar-refractivity contribution is 0.346. The van der Waals surface area contributed by atoms with Gasteiger partial charge in [0, 0.05) is 12.7 Å². The largest absolute Gasteiger partial charge is 0.495 e. The number of hydrogen-bond donors (Lipinski definition) is 0. The summed E-state index contributed by atoms with van der Waals surface area (Å²) in [4.78, 5) is 6.60.